The number of halogens is 1. The van der Waals surface area contributed by atoms with Crippen molar-refractivity contribution in [3.8, 4) is 11.3 Å². The van der Waals surface area contributed by atoms with Crippen molar-refractivity contribution in [1.82, 2.24) is 9.97 Å². The number of benzene rings is 1. The van der Waals surface area contributed by atoms with Gasteiger partial charge in [0.1, 0.15) is 11.6 Å². The van der Waals surface area contributed by atoms with E-state index in [1.807, 2.05) is 32.0 Å². The first-order valence-corrected chi connectivity index (χ1v) is 12.8. The second kappa shape index (κ2) is 9.44. The van der Waals surface area contributed by atoms with E-state index in [0.717, 1.165) is 16.7 Å². The lowest BCUT2D eigenvalue weighted by atomic mass is 9.92. The molecule has 35 heavy (non-hydrogen) atoms. The Labute approximate surface area is 208 Å². The van der Waals surface area contributed by atoms with Gasteiger partial charge in [0.05, 0.1) is 10.7 Å². The lowest BCUT2D eigenvalue weighted by molar-refractivity contribution is -0.160. The molecule has 3 aromatic rings. The molecule has 0 aliphatic carbocycles. The Morgan fingerprint density at radius 2 is 1.66 bits per heavy atom. The molecule has 1 aliphatic rings. The van der Waals surface area contributed by atoms with Crippen molar-refractivity contribution in [2.45, 2.75) is 37.3 Å². The lowest BCUT2D eigenvalue weighted by Gasteiger charge is -2.36. The quantitative estimate of drug-likeness (QED) is 0.452. The van der Waals surface area contributed by atoms with Crippen LogP contribution in [0, 0.1) is 13.8 Å². The minimum absolute atomic E-state index is 0.00896. The molecule has 2 aromatic heterocycles. The van der Waals surface area contributed by atoms with Crippen LogP contribution in [0.2, 0.25) is 5.02 Å². The third-order valence-electron chi connectivity index (χ3n) is 6.10. The first kappa shape index (κ1) is 24.9. The monoisotopic (exact) mass is 516 g/mol. The topological polar surface area (TPSA) is 133 Å². The molecule has 9 nitrogen and oxygen atoms in total. The van der Waals surface area contributed by atoms with Crippen molar-refractivity contribution >= 4 is 39.2 Å². The van der Waals surface area contributed by atoms with E-state index in [0.29, 0.717) is 16.5 Å². The van der Waals surface area contributed by atoms with Crippen LogP contribution in [-0.4, -0.2) is 53.3 Å². The van der Waals surface area contributed by atoms with Gasteiger partial charge in [-0.15, -0.1) is 0 Å². The molecule has 0 unspecified atom stereocenters. The number of carboxylic acids is 1. The summed E-state index contributed by atoms with van der Waals surface area (Å²) in [6.45, 7) is 4.32. The van der Waals surface area contributed by atoms with E-state index in [4.69, 9.17) is 11.6 Å². The maximum atomic E-state index is 13.1. The van der Waals surface area contributed by atoms with Crippen molar-refractivity contribution < 1.29 is 23.4 Å². The largest absolute Gasteiger partial charge is 0.479 e. The number of sulfonamides is 1. The van der Waals surface area contributed by atoms with Gasteiger partial charge in [0, 0.05) is 31.5 Å². The predicted octanol–water partition coefficient (Wildman–Crippen LogP) is 3.63. The van der Waals surface area contributed by atoms with E-state index in [1.165, 1.54) is 12.1 Å². The molecule has 0 amide bonds. The second-order valence-electron chi connectivity index (χ2n) is 8.56. The molecule has 0 bridgehead atoms. The third kappa shape index (κ3) is 5.09. The normalized spacial score (nSPS) is 15.6. The Balaban J connectivity index is 1.59. The van der Waals surface area contributed by atoms with Crippen molar-refractivity contribution in [1.29, 1.82) is 0 Å². The lowest BCUT2D eigenvalue weighted by Crippen LogP contribution is -2.49. The smallest absolute Gasteiger partial charge is 0.335 e. The molecule has 4 rings (SSSR count). The first-order chi connectivity index (χ1) is 16.5. The highest BCUT2D eigenvalue weighted by Gasteiger charge is 2.39. The predicted molar refractivity (Wildman–Crippen MR) is 133 cm³/mol. The highest BCUT2D eigenvalue weighted by Crippen LogP contribution is 2.33. The molecule has 3 heterocycles. The number of anilines is 2. The Morgan fingerprint density at radius 3 is 2.29 bits per heavy atom. The summed E-state index contributed by atoms with van der Waals surface area (Å²) in [5, 5.41) is 19.5. The third-order valence-corrected chi connectivity index (χ3v) is 7.66. The molecular weight excluding hydrogens is 492 g/mol. The van der Waals surface area contributed by atoms with Gasteiger partial charge in [-0.3, -0.25) is 4.72 Å². The highest BCUT2D eigenvalue weighted by molar-refractivity contribution is 7.92. The maximum absolute atomic E-state index is 13.1. The van der Waals surface area contributed by atoms with E-state index >= 15 is 0 Å². The number of rotatable bonds is 6. The fraction of sp³-hybridized carbons (Fsp3) is 0.292. The van der Waals surface area contributed by atoms with Crippen LogP contribution >= 0.6 is 11.6 Å². The summed E-state index contributed by atoms with van der Waals surface area (Å²) in [5.74, 6) is -0.786. The number of carboxylic acid groups (broad SMARTS) is 1. The summed E-state index contributed by atoms with van der Waals surface area (Å²) in [6.07, 6.45) is 0.0179. The molecule has 1 saturated heterocycles. The number of aromatic nitrogens is 2. The molecule has 0 saturated carbocycles. The van der Waals surface area contributed by atoms with Crippen molar-refractivity contribution in [3.63, 3.8) is 0 Å². The van der Waals surface area contributed by atoms with Crippen LogP contribution in [0.1, 0.15) is 24.0 Å². The van der Waals surface area contributed by atoms with Gasteiger partial charge >= 0.3 is 5.97 Å². The number of hydrogen-bond donors (Lipinski definition) is 3. The van der Waals surface area contributed by atoms with E-state index in [-0.39, 0.29) is 36.8 Å². The Bertz CT molecular complexity index is 1370. The molecule has 3 N–H and O–H groups in total. The van der Waals surface area contributed by atoms with Gasteiger partial charge in [-0.05, 0) is 49.2 Å². The molecule has 1 fully saturated rings. The SMILES string of the molecule is Cc1cccc(C)c1-c1nc(NS(=O)(=O)c2cccc(N3CCC(O)(C(=O)O)CC3)n2)ccc1Cl. The van der Waals surface area contributed by atoms with E-state index in [1.54, 1.807) is 23.1 Å². The Hall–Kier alpha value is -3.21. The van der Waals surface area contributed by atoms with Crippen LogP contribution in [0.15, 0.2) is 53.6 Å². The summed E-state index contributed by atoms with van der Waals surface area (Å²) in [7, 11) is -4.08. The van der Waals surface area contributed by atoms with Gasteiger partial charge in [0.15, 0.2) is 10.6 Å². The Kier molecular flexibility index (Phi) is 6.72. The molecule has 1 aromatic carbocycles. The Morgan fingerprint density at radius 1 is 1.03 bits per heavy atom. The average Bonchev–Trinajstić information content (AvgIpc) is 2.81. The van der Waals surface area contributed by atoms with Crippen molar-refractivity contribution in [2.24, 2.45) is 0 Å². The van der Waals surface area contributed by atoms with E-state index in [2.05, 4.69) is 14.7 Å². The summed E-state index contributed by atoms with van der Waals surface area (Å²) >= 11 is 6.40. The van der Waals surface area contributed by atoms with Gasteiger partial charge in [-0.25, -0.2) is 14.8 Å². The summed E-state index contributed by atoms with van der Waals surface area (Å²) in [5.41, 5.74) is 1.46. The zero-order valence-corrected chi connectivity index (χ0v) is 20.8. The standard InChI is InChI=1S/C24H25ClN4O5S/c1-15-5-3-6-16(2)21(15)22-17(25)9-10-18(26-22)28-35(33,34)20-8-4-7-19(27-20)29-13-11-24(32,12-14-29)23(30)31/h3-10,32H,11-14H2,1-2H3,(H,26,28)(H,30,31). The number of piperidine rings is 1. The van der Waals surface area contributed by atoms with E-state index < -0.39 is 21.6 Å². The number of aliphatic hydroxyl groups is 1. The number of nitrogens with zero attached hydrogens (tertiary/aromatic N) is 3. The van der Waals surface area contributed by atoms with Crippen LogP contribution in [0.25, 0.3) is 11.3 Å². The van der Waals surface area contributed by atoms with Crippen LogP contribution in [0.3, 0.4) is 0 Å². The molecule has 0 spiro atoms. The minimum atomic E-state index is -4.08. The van der Waals surface area contributed by atoms with Gasteiger partial charge in [-0.1, -0.05) is 35.9 Å². The molecule has 184 valence electrons. The second-order valence-corrected chi connectivity index (χ2v) is 10.6. The number of carbonyl (C=O) groups is 1. The van der Waals surface area contributed by atoms with Crippen molar-refractivity contribution in [2.75, 3.05) is 22.7 Å². The van der Waals surface area contributed by atoms with Crippen molar-refractivity contribution in [3.05, 3.63) is 64.7 Å². The molecule has 11 heteroatoms. The number of aryl methyl sites for hydroxylation is 2. The number of pyridine rings is 2. The molecule has 1 aliphatic heterocycles. The summed E-state index contributed by atoms with van der Waals surface area (Å²) in [6, 6.07) is 13.4. The van der Waals surface area contributed by atoms with Gasteiger partial charge < -0.3 is 15.1 Å². The number of aliphatic carboxylic acids is 1. The van der Waals surface area contributed by atoms with Crippen LogP contribution in [-0.2, 0) is 14.8 Å². The molecular formula is C24H25ClN4O5S. The summed E-state index contributed by atoms with van der Waals surface area (Å²) < 4.78 is 28.7. The zero-order chi connectivity index (χ0) is 25.4. The van der Waals surface area contributed by atoms with Gasteiger partial charge in [0.2, 0.25) is 0 Å². The van der Waals surface area contributed by atoms with Gasteiger partial charge in [0.25, 0.3) is 10.0 Å². The zero-order valence-electron chi connectivity index (χ0n) is 19.2. The average molecular weight is 517 g/mol. The first-order valence-electron chi connectivity index (χ1n) is 10.9. The van der Waals surface area contributed by atoms with Crippen LogP contribution in [0.4, 0.5) is 11.6 Å². The highest BCUT2D eigenvalue weighted by atomic mass is 35.5. The minimum Gasteiger partial charge on any atom is -0.479 e. The number of hydrogen-bond acceptors (Lipinski definition) is 7. The van der Waals surface area contributed by atoms with Crippen LogP contribution in [0.5, 0.6) is 0 Å². The molecule has 0 radical (unpaired) electrons. The summed E-state index contributed by atoms with van der Waals surface area (Å²) in [4.78, 5) is 21.8. The fourth-order valence-corrected chi connectivity index (χ4v) is 5.27. The fourth-order valence-electron chi connectivity index (χ4n) is 4.10. The van der Waals surface area contributed by atoms with Crippen LogP contribution < -0.4 is 9.62 Å². The van der Waals surface area contributed by atoms with E-state index in [9.17, 15) is 23.4 Å². The van der Waals surface area contributed by atoms with Gasteiger partial charge in [-0.2, -0.15) is 8.42 Å². The maximum Gasteiger partial charge on any atom is 0.335 e. The number of nitrogens with one attached hydrogen (secondary N) is 1. The molecule has 0 atom stereocenters.